The maximum absolute atomic E-state index is 12.2. The van der Waals surface area contributed by atoms with E-state index in [9.17, 15) is 4.79 Å². The van der Waals surface area contributed by atoms with Crippen molar-refractivity contribution >= 4 is 11.6 Å². The van der Waals surface area contributed by atoms with Crippen LogP contribution < -0.4 is 5.32 Å². The molecule has 1 N–H and O–H groups in total. The number of hydrogen-bond donors (Lipinski definition) is 1. The van der Waals surface area contributed by atoms with Crippen LogP contribution in [0.4, 0.5) is 0 Å². The number of carbonyl (C=O) groups is 1. The van der Waals surface area contributed by atoms with Crippen LogP contribution in [-0.2, 0) is 17.8 Å². The van der Waals surface area contributed by atoms with Crippen molar-refractivity contribution in [1.82, 2.24) is 30.1 Å². The van der Waals surface area contributed by atoms with E-state index in [1.54, 1.807) is 0 Å². The molecule has 0 radical (unpaired) electrons. The number of nitrogens with one attached hydrogen (secondary N) is 1. The van der Waals surface area contributed by atoms with E-state index in [4.69, 9.17) is 4.52 Å². The first-order chi connectivity index (χ1) is 14.1. The van der Waals surface area contributed by atoms with Crippen molar-refractivity contribution in [2.75, 3.05) is 0 Å². The molecule has 0 saturated carbocycles. The van der Waals surface area contributed by atoms with Crippen LogP contribution in [0.1, 0.15) is 43.4 Å². The zero-order chi connectivity index (χ0) is 20.2. The van der Waals surface area contributed by atoms with E-state index >= 15 is 0 Å². The second-order valence-corrected chi connectivity index (χ2v) is 7.11. The summed E-state index contributed by atoms with van der Waals surface area (Å²) in [5.41, 5.74) is 2.46. The van der Waals surface area contributed by atoms with E-state index in [2.05, 4.69) is 25.7 Å². The average molecular weight is 390 g/mol. The molecule has 1 aromatic carbocycles. The van der Waals surface area contributed by atoms with Crippen LogP contribution in [0.25, 0.3) is 17.1 Å². The van der Waals surface area contributed by atoms with Gasteiger partial charge in [-0.25, -0.2) is 0 Å². The van der Waals surface area contributed by atoms with Gasteiger partial charge in [-0.1, -0.05) is 49.3 Å². The summed E-state index contributed by atoms with van der Waals surface area (Å²) in [6.45, 7) is 4.30. The quantitative estimate of drug-likeness (QED) is 0.520. The van der Waals surface area contributed by atoms with Gasteiger partial charge in [0.25, 0.3) is 5.89 Å². The Hall–Kier alpha value is -3.55. The molecule has 0 aliphatic rings. The number of rotatable bonds is 7. The lowest BCUT2D eigenvalue weighted by atomic mass is 10.1. The van der Waals surface area contributed by atoms with E-state index in [1.807, 2.05) is 66.9 Å². The summed E-state index contributed by atoms with van der Waals surface area (Å²) in [5, 5.41) is 15.4. The number of hydrogen-bond acceptors (Lipinski definition) is 6. The number of aromatic nitrogens is 5. The Morgan fingerprint density at radius 3 is 2.72 bits per heavy atom. The zero-order valence-electron chi connectivity index (χ0n) is 16.4. The molecule has 4 aromatic rings. The number of amides is 1. The molecule has 0 bridgehead atoms. The maximum Gasteiger partial charge on any atom is 0.261 e. The van der Waals surface area contributed by atoms with Crippen LogP contribution >= 0.6 is 0 Å². The molecule has 29 heavy (non-hydrogen) atoms. The molecule has 3 aromatic heterocycles. The van der Waals surface area contributed by atoms with Crippen LogP contribution in [0.5, 0.6) is 0 Å². The van der Waals surface area contributed by atoms with Crippen molar-refractivity contribution in [2.45, 2.75) is 39.2 Å². The highest BCUT2D eigenvalue weighted by Gasteiger charge is 2.17. The van der Waals surface area contributed by atoms with Gasteiger partial charge in [-0.05, 0) is 24.1 Å². The van der Waals surface area contributed by atoms with E-state index in [0.717, 1.165) is 5.56 Å². The first kappa shape index (κ1) is 18.8. The predicted octanol–water partition coefficient (Wildman–Crippen LogP) is 3.15. The maximum atomic E-state index is 12.2. The largest absolute Gasteiger partial charge is 0.349 e. The Bertz CT molecular complexity index is 1120. The minimum Gasteiger partial charge on any atom is -0.349 e. The fourth-order valence-corrected chi connectivity index (χ4v) is 3.00. The van der Waals surface area contributed by atoms with Crippen LogP contribution in [0.15, 0.2) is 53.2 Å². The Morgan fingerprint density at radius 1 is 1.14 bits per heavy atom. The molecule has 0 saturated heterocycles. The molecule has 0 unspecified atom stereocenters. The van der Waals surface area contributed by atoms with Gasteiger partial charge < -0.3 is 9.84 Å². The summed E-state index contributed by atoms with van der Waals surface area (Å²) < 4.78 is 7.22. The number of pyridine rings is 1. The lowest BCUT2D eigenvalue weighted by molar-refractivity contribution is -0.121. The fraction of sp³-hybridized carbons (Fsp3) is 0.286. The van der Waals surface area contributed by atoms with Gasteiger partial charge in [0.2, 0.25) is 5.91 Å². The van der Waals surface area contributed by atoms with E-state index in [1.165, 1.54) is 0 Å². The number of carbonyl (C=O) groups excluding carboxylic acids is 1. The third-order valence-electron chi connectivity index (χ3n) is 4.62. The topological polar surface area (TPSA) is 98.2 Å². The van der Waals surface area contributed by atoms with E-state index in [0.29, 0.717) is 48.1 Å². The number of aryl methyl sites for hydroxylation is 1. The minimum absolute atomic E-state index is 0.0276. The number of fused-ring (bicyclic) bond motifs is 1. The molecule has 148 valence electrons. The fourth-order valence-electron chi connectivity index (χ4n) is 3.00. The second kappa shape index (κ2) is 8.22. The first-order valence-corrected chi connectivity index (χ1v) is 9.59. The van der Waals surface area contributed by atoms with Gasteiger partial charge in [0.05, 0.1) is 12.1 Å². The molecule has 0 atom stereocenters. The predicted molar refractivity (Wildman–Crippen MR) is 107 cm³/mol. The van der Waals surface area contributed by atoms with Crippen LogP contribution in [0.3, 0.4) is 0 Å². The van der Waals surface area contributed by atoms with Gasteiger partial charge in [0, 0.05) is 18.5 Å². The Balaban J connectivity index is 1.45. The van der Waals surface area contributed by atoms with Gasteiger partial charge in [-0.2, -0.15) is 4.98 Å². The van der Waals surface area contributed by atoms with Gasteiger partial charge in [-0.3, -0.25) is 9.20 Å². The Kier molecular flexibility index (Phi) is 5.33. The molecule has 0 spiro atoms. The summed E-state index contributed by atoms with van der Waals surface area (Å²) in [7, 11) is 0. The minimum atomic E-state index is -0.0276. The molecule has 0 fully saturated rings. The number of benzene rings is 1. The second-order valence-electron chi connectivity index (χ2n) is 7.11. The van der Waals surface area contributed by atoms with Gasteiger partial charge in [0.15, 0.2) is 17.3 Å². The molecule has 0 aliphatic heterocycles. The first-order valence-electron chi connectivity index (χ1n) is 9.59. The highest BCUT2D eigenvalue weighted by Crippen LogP contribution is 2.23. The average Bonchev–Trinajstić information content (AvgIpc) is 3.39. The summed E-state index contributed by atoms with van der Waals surface area (Å²) in [6, 6.07) is 13.7. The van der Waals surface area contributed by atoms with Crippen molar-refractivity contribution in [2.24, 2.45) is 0 Å². The Morgan fingerprint density at radius 2 is 1.97 bits per heavy atom. The summed E-state index contributed by atoms with van der Waals surface area (Å²) in [4.78, 5) is 16.6. The van der Waals surface area contributed by atoms with Crippen molar-refractivity contribution < 1.29 is 9.32 Å². The SMILES string of the molecule is CC(C)c1noc(-c2cccn3c(CNC(=O)CCc4ccccc4)nnc23)n1. The molecule has 4 rings (SSSR count). The van der Waals surface area contributed by atoms with Gasteiger partial charge in [0.1, 0.15) is 0 Å². The summed E-state index contributed by atoms with van der Waals surface area (Å²) in [6.07, 6.45) is 2.97. The molecule has 8 heteroatoms. The molecular formula is C21H22N6O2. The smallest absolute Gasteiger partial charge is 0.261 e. The van der Waals surface area contributed by atoms with Crippen molar-refractivity contribution in [3.8, 4) is 11.5 Å². The normalized spacial score (nSPS) is 11.3. The third-order valence-corrected chi connectivity index (χ3v) is 4.62. The molecule has 1 amide bonds. The van der Waals surface area contributed by atoms with Crippen molar-refractivity contribution in [3.63, 3.8) is 0 Å². The summed E-state index contributed by atoms with van der Waals surface area (Å²) in [5.74, 6) is 1.84. The van der Waals surface area contributed by atoms with Gasteiger partial charge in [-0.15, -0.1) is 10.2 Å². The highest BCUT2D eigenvalue weighted by molar-refractivity contribution is 5.76. The Labute approximate surface area is 168 Å². The molecular weight excluding hydrogens is 368 g/mol. The lowest BCUT2D eigenvalue weighted by Gasteiger charge is -2.05. The number of nitrogens with zero attached hydrogens (tertiary/aromatic N) is 5. The van der Waals surface area contributed by atoms with Crippen LogP contribution in [-0.4, -0.2) is 30.6 Å². The monoisotopic (exact) mass is 390 g/mol. The van der Waals surface area contributed by atoms with Crippen LogP contribution in [0.2, 0.25) is 0 Å². The van der Waals surface area contributed by atoms with Crippen LogP contribution in [0, 0.1) is 0 Å². The highest BCUT2D eigenvalue weighted by atomic mass is 16.5. The molecule has 0 aliphatic carbocycles. The van der Waals surface area contributed by atoms with Crippen molar-refractivity contribution in [3.05, 3.63) is 65.9 Å². The zero-order valence-corrected chi connectivity index (χ0v) is 16.4. The van der Waals surface area contributed by atoms with E-state index in [-0.39, 0.29) is 11.8 Å². The van der Waals surface area contributed by atoms with Gasteiger partial charge >= 0.3 is 0 Å². The third kappa shape index (κ3) is 4.16. The lowest BCUT2D eigenvalue weighted by Crippen LogP contribution is -2.24. The van der Waals surface area contributed by atoms with E-state index < -0.39 is 0 Å². The van der Waals surface area contributed by atoms with Crippen molar-refractivity contribution in [1.29, 1.82) is 0 Å². The molecule has 8 nitrogen and oxygen atoms in total. The standard InChI is InChI=1S/C21H22N6O2/c1-14(2)19-23-21(29-26-19)16-9-6-12-27-17(24-25-20(16)27)13-22-18(28)11-10-15-7-4-3-5-8-15/h3-9,12,14H,10-11,13H2,1-2H3,(H,22,28). The summed E-state index contributed by atoms with van der Waals surface area (Å²) >= 11 is 0. The molecule has 3 heterocycles.